The Morgan fingerprint density at radius 2 is 1.55 bits per heavy atom. The van der Waals surface area contributed by atoms with E-state index < -0.39 is 27.6 Å². The van der Waals surface area contributed by atoms with E-state index >= 15 is 0 Å². The van der Waals surface area contributed by atoms with Crippen molar-refractivity contribution in [1.29, 1.82) is 0 Å². The topological polar surface area (TPSA) is 124 Å². The Balaban J connectivity index is 2.50. The first kappa shape index (κ1) is 25.6. The summed E-state index contributed by atoms with van der Waals surface area (Å²) >= 11 is 0. The van der Waals surface area contributed by atoms with Crippen molar-refractivity contribution >= 4 is 10.1 Å². The highest BCUT2D eigenvalue weighted by molar-refractivity contribution is 7.85. The van der Waals surface area contributed by atoms with Gasteiger partial charge < -0.3 is 20.1 Å². The van der Waals surface area contributed by atoms with Gasteiger partial charge in [-0.05, 0) is 49.5 Å². The molecule has 0 saturated heterocycles. The van der Waals surface area contributed by atoms with Gasteiger partial charge in [0.05, 0.1) is 5.75 Å². The summed E-state index contributed by atoms with van der Waals surface area (Å²) in [7, 11) is -4.09. The maximum Gasteiger partial charge on any atom is 0.338 e. The van der Waals surface area contributed by atoms with Crippen molar-refractivity contribution in [2.24, 2.45) is 0 Å². The van der Waals surface area contributed by atoms with Gasteiger partial charge in [0.1, 0.15) is 5.75 Å². The molecule has 0 saturated carbocycles. The molecule has 0 aliphatic rings. The molecule has 0 unspecified atom stereocenters. The summed E-state index contributed by atoms with van der Waals surface area (Å²) < 4.78 is 35.5. The van der Waals surface area contributed by atoms with Gasteiger partial charge in [-0.25, -0.2) is 0 Å². The average molecular weight is 431 g/mol. The zero-order valence-corrected chi connectivity index (χ0v) is 17.9. The summed E-state index contributed by atoms with van der Waals surface area (Å²) in [6.07, 6.45) is 10.9. The third kappa shape index (κ3) is 12.7. The maximum atomic E-state index is 10.7. The van der Waals surface area contributed by atoms with Crippen LogP contribution < -0.4 is 4.74 Å². The monoisotopic (exact) mass is 430 g/mol. The van der Waals surface area contributed by atoms with E-state index in [0.717, 1.165) is 18.4 Å². The Labute approximate surface area is 173 Å². The second kappa shape index (κ2) is 13.0. The van der Waals surface area contributed by atoms with Crippen LogP contribution in [0.4, 0.5) is 0 Å². The van der Waals surface area contributed by atoms with Crippen molar-refractivity contribution in [2.75, 3.05) is 5.75 Å². The van der Waals surface area contributed by atoms with Gasteiger partial charge in [-0.15, -0.1) is 0 Å². The van der Waals surface area contributed by atoms with Crippen molar-refractivity contribution in [3.8, 4) is 5.75 Å². The summed E-state index contributed by atoms with van der Waals surface area (Å²) in [6.45, 7) is 2.21. The minimum Gasteiger partial charge on any atom is -0.454 e. The van der Waals surface area contributed by atoms with E-state index in [9.17, 15) is 23.7 Å². The third-order valence-electron chi connectivity index (χ3n) is 4.49. The maximum absolute atomic E-state index is 10.7. The lowest BCUT2D eigenvalue weighted by atomic mass is 10.0. The predicted molar refractivity (Wildman–Crippen MR) is 112 cm³/mol. The van der Waals surface area contributed by atoms with Crippen LogP contribution in [0.15, 0.2) is 36.1 Å². The van der Waals surface area contributed by atoms with E-state index in [4.69, 9.17) is 9.29 Å². The predicted octanol–water partition coefficient (Wildman–Crippen LogP) is 3.54. The Kier molecular flexibility index (Phi) is 11.4. The van der Waals surface area contributed by atoms with Crippen LogP contribution in [0.25, 0.3) is 0 Å². The van der Waals surface area contributed by atoms with E-state index in [2.05, 4.69) is 6.92 Å². The molecule has 29 heavy (non-hydrogen) atoms. The van der Waals surface area contributed by atoms with Gasteiger partial charge in [0, 0.05) is 0 Å². The SMILES string of the molecule is CCCCCCCCCc1ccc(OC(=CCCCS(=O)(=O)O)C(O)(O)O)cc1. The van der Waals surface area contributed by atoms with E-state index in [1.54, 1.807) is 12.1 Å². The average Bonchev–Trinajstić information content (AvgIpc) is 2.63. The smallest absolute Gasteiger partial charge is 0.338 e. The van der Waals surface area contributed by atoms with Crippen molar-refractivity contribution in [3.63, 3.8) is 0 Å². The van der Waals surface area contributed by atoms with Crippen LogP contribution in [0.5, 0.6) is 5.75 Å². The van der Waals surface area contributed by atoms with Gasteiger partial charge in [0.2, 0.25) is 0 Å². The Bertz CT molecular complexity index is 704. The zero-order valence-electron chi connectivity index (χ0n) is 17.1. The van der Waals surface area contributed by atoms with Gasteiger partial charge >= 0.3 is 5.97 Å². The number of unbranched alkanes of at least 4 members (excludes halogenated alkanes) is 7. The van der Waals surface area contributed by atoms with Crippen LogP contribution in [-0.4, -0.2) is 40.0 Å². The lowest BCUT2D eigenvalue weighted by Gasteiger charge is -2.19. The highest BCUT2D eigenvalue weighted by atomic mass is 32.2. The normalized spacial score (nSPS) is 12.9. The molecule has 0 atom stereocenters. The van der Waals surface area contributed by atoms with Crippen LogP contribution in [0.2, 0.25) is 0 Å². The van der Waals surface area contributed by atoms with Gasteiger partial charge in [-0.1, -0.05) is 57.6 Å². The molecule has 0 aliphatic carbocycles. The first-order valence-electron chi connectivity index (χ1n) is 10.2. The number of hydrogen-bond donors (Lipinski definition) is 4. The van der Waals surface area contributed by atoms with Gasteiger partial charge in [-0.2, -0.15) is 8.42 Å². The lowest BCUT2D eigenvalue weighted by molar-refractivity contribution is -0.296. The van der Waals surface area contributed by atoms with Crippen LogP contribution in [-0.2, 0) is 16.5 Å². The minimum atomic E-state index is -4.09. The number of aryl methyl sites for hydroxylation is 1. The molecule has 7 nitrogen and oxygen atoms in total. The molecular formula is C21H34O7S. The summed E-state index contributed by atoms with van der Waals surface area (Å²) in [5, 5.41) is 28.3. The van der Waals surface area contributed by atoms with Crippen molar-refractivity contribution in [1.82, 2.24) is 0 Å². The molecule has 0 aromatic heterocycles. The zero-order chi connectivity index (χ0) is 21.8. The fourth-order valence-corrected chi connectivity index (χ4v) is 3.41. The summed E-state index contributed by atoms with van der Waals surface area (Å²) in [6, 6.07) is 7.12. The van der Waals surface area contributed by atoms with E-state index in [1.807, 2.05) is 12.1 Å². The molecule has 1 aromatic rings. The van der Waals surface area contributed by atoms with Crippen molar-refractivity contribution < 1.29 is 33.0 Å². The quantitative estimate of drug-likeness (QED) is 0.145. The van der Waals surface area contributed by atoms with Crippen LogP contribution >= 0.6 is 0 Å². The minimum absolute atomic E-state index is 0.0408. The Morgan fingerprint density at radius 3 is 2.10 bits per heavy atom. The summed E-state index contributed by atoms with van der Waals surface area (Å²) in [5.41, 5.74) is 1.15. The highest BCUT2D eigenvalue weighted by Crippen LogP contribution is 2.21. The second-order valence-corrected chi connectivity index (χ2v) is 8.82. The van der Waals surface area contributed by atoms with Crippen molar-refractivity contribution in [3.05, 3.63) is 41.7 Å². The fraction of sp³-hybridized carbons (Fsp3) is 0.619. The van der Waals surface area contributed by atoms with Crippen LogP contribution in [0.1, 0.15) is 70.3 Å². The molecule has 0 heterocycles. The molecule has 0 bridgehead atoms. The summed E-state index contributed by atoms with van der Waals surface area (Å²) in [4.78, 5) is 0. The fourth-order valence-electron chi connectivity index (χ4n) is 2.88. The largest absolute Gasteiger partial charge is 0.454 e. The van der Waals surface area contributed by atoms with Crippen LogP contribution in [0, 0.1) is 0 Å². The van der Waals surface area contributed by atoms with Gasteiger partial charge in [-0.3, -0.25) is 4.55 Å². The first-order chi connectivity index (χ1) is 13.6. The van der Waals surface area contributed by atoms with Gasteiger partial charge in [0.25, 0.3) is 10.1 Å². The number of hydrogen-bond acceptors (Lipinski definition) is 6. The first-order valence-corrected chi connectivity index (χ1v) is 11.8. The number of ether oxygens (including phenoxy) is 1. The van der Waals surface area contributed by atoms with Crippen molar-refractivity contribution in [2.45, 2.75) is 77.1 Å². The number of allylic oxidation sites excluding steroid dienone is 1. The second-order valence-electron chi connectivity index (χ2n) is 7.25. The molecule has 0 aliphatic heterocycles. The molecule has 0 amide bonds. The molecule has 0 radical (unpaired) electrons. The highest BCUT2D eigenvalue weighted by Gasteiger charge is 2.27. The number of aliphatic hydroxyl groups is 3. The van der Waals surface area contributed by atoms with E-state index in [1.165, 1.54) is 44.6 Å². The summed E-state index contributed by atoms with van der Waals surface area (Å²) in [5.74, 6) is -3.86. The molecule has 1 aromatic carbocycles. The molecule has 1 rings (SSSR count). The molecule has 0 fully saturated rings. The Hall–Kier alpha value is -1.45. The molecule has 8 heteroatoms. The third-order valence-corrected chi connectivity index (χ3v) is 5.29. The standard InChI is InChI=1S/C21H34O7S/c1-2-3-4-5-6-7-8-11-18-13-15-19(16-14-18)28-20(21(22,23)24)12-9-10-17-29(25,26)27/h12-16,22-24H,2-11,17H2,1H3,(H,25,26,27). The lowest BCUT2D eigenvalue weighted by Crippen LogP contribution is -2.33. The number of rotatable bonds is 15. The molecular weight excluding hydrogens is 396 g/mol. The van der Waals surface area contributed by atoms with Crippen LogP contribution in [0.3, 0.4) is 0 Å². The van der Waals surface area contributed by atoms with E-state index in [-0.39, 0.29) is 12.8 Å². The Morgan fingerprint density at radius 1 is 0.966 bits per heavy atom. The molecule has 4 N–H and O–H groups in total. The molecule has 166 valence electrons. The van der Waals surface area contributed by atoms with E-state index in [0.29, 0.717) is 5.75 Å². The van der Waals surface area contributed by atoms with Gasteiger partial charge in [0.15, 0.2) is 5.76 Å². The number of benzene rings is 1. The molecule has 0 spiro atoms.